The number of para-hydroxylation sites is 1. The largest absolute Gasteiger partial charge is 0.376 e. The van der Waals surface area contributed by atoms with Crippen molar-refractivity contribution < 1.29 is 9.53 Å². The molecule has 2 aromatic heterocycles. The summed E-state index contributed by atoms with van der Waals surface area (Å²) in [5.74, 6) is 7.04. The monoisotopic (exact) mass is 474 g/mol. The summed E-state index contributed by atoms with van der Waals surface area (Å²) < 4.78 is 6.99. The second-order valence-electron chi connectivity index (χ2n) is 8.34. The first-order chi connectivity index (χ1) is 16.6. The zero-order chi connectivity index (χ0) is 23.5. The first kappa shape index (κ1) is 22.4. The van der Waals surface area contributed by atoms with E-state index in [0.717, 1.165) is 47.2 Å². The van der Waals surface area contributed by atoms with Crippen molar-refractivity contribution in [1.82, 2.24) is 25.2 Å². The highest BCUT2D eigenvalue weighted by Crippen LogP contribution is 2.32. The lowest BCUT2D eigenvalue weighted by Crippen LogP contribution is -2.33. The predicted octanol–water partition coefficient (Wildman–Crippen LogP) is 3.57. The van der Waals surface area contributed by atoms with Crippen LogP contribution in [0.25, 0.3) is 33.5 Å². The van der Waals surface area contributed by atoms with Gasteiger partial charge in [0.25, 0.3) is 0 Å². The highest BCUT2D eigenvalue weighted by molar-refractivity contribution is 7.99. The van der Waals surface area contributed by atoms with E-state index in [1.807, 2.05) is 30.3 Å². The number of amides is 1. The number of ether oxygens (including phenoxy) is 1. The zero-order valence-electron chi connectivity index (χ0n) is 18.9. The van der Waals surface area contributed by atoms with Gasteiger partial charge < -0.3 is 15.9 Å². The maximum absolute atomic E-state index is 12.3. The maximum Gasteiger partial charge on any atom is 0.230 e. The van der Waals surface area contributed by atoms with Gasteiger partial charge in [0.15, 0.2) is 5.82 Å². The van der Waals surface area contributed by atoms with E-state index >= 15 is 0 Å². The van der Waals surface area contributed by atoms with Gasteiger partial charge in [-0.25, -0.2) is 9.66 Å². The summed E-state index contributed by atoms with van der Waals surface area (Å²) in [4.78, 5) is 17.1. The van der Waals surface area contributed by atoms with Gasteiger partial charge in [0.05, 0.1) is 23.1 Å². The molecule has 34 heavy (non-hydrogen) atoms. The van der Waals surface area contributed by atoms with Gasteiger partial charge in [0.1, 0.15) is 0 Å². The second kappa shape index (κ2) is 9.82. The van der Waals surface area contributed by atoms with Gasteiger partial charge in [-0.3, -0.25) is 4.79 Å². The molecule has 1 aliphatic rings. The van der Waals surface area contributed by atoms with E-state index in [1.54, 1.807) is 0 Å². The number of aryl methyl sites for hydroxylation is 1. The van der Waals surface area contributed by atoms with Crippen LogP contribution < -0.4 is 11.2 Å². The van der Waals surface area contributed by atoms with Crippen molar-refractivity contribution >= 4 is 28.6 Å². The van der Waals surface area contributed by atoms with Crippen LogP contribution in [0.15, 0.2) is 59.8 Å². The summed E-state index contributed by atoms with van der Waals surface area (Å²) in [5.41, 5.74) is 4.72. The van der Waals surface area contributed by atoms with Gasteiger partial charge in [0.2, 0.25) is 11.1 Å². The Hall–Kier alpha value is -3.43. The number of nitrogens with zero attached hydrogens (tertiary/aromatic N) is 4. The standard InChI is InChI=1S/C25H26N6O2S/c1-16-8-10-17(11-9-16)22-13-20(19-6-2-3-7-21(19)28-22)24-29-30-25(31(24)26)34-15-23(32)27-14-18-5-4-12-33-18/h2-3,6-11,13,18H,4-5,12,14-15,26H2,1H3,(H,27,32)/t18-/m0/s1. The van der Waals surface area contributed by atoms with Gasteiger partial charge >= 0.3 is 0 Å². The van der Waals surface area contributed by atoms with Crippen molar-refractivity contribution in [1.29, 1.82) is 0 Å². The molecule has 1 aliphatic heterocycles. The number of carbonyl (C=O) groups excluding carboxylic acids is 1. The summed E-state index contributed by atoms with van der Waals surface area (Å²) in [5, 5.41) is 12.9. The Labute approximate surface area is 201 Å². The number of pyridine rings is 1. The number of nitrogens with two attached hydrogens (primary N) is 1. The first-order valence-corrected chi connectivity index (χ1v) is 12.3. The number of hydrogen-bond acceptors (Lipinski definition) is 7. The van der Waals surface area contributed by atoms with Crippen LogP contribution in [-0.4, -0.2) is 50.8 Å². The van der Waals surface area contributed by atoms with Crippen LogP contribution in [0.3, 0.4) is 0 Å². The van der Waals surface area contributed by atoms with Gasteiger partial charge in [-0.1, -0.05) is 59.8 Å². The quantitative estimate of drug-likeness (QED) is 0.311. The summed E-state index contributed by atoms with van der Waals surface area (Å²) in [6, 6.07) is 18.1. The van der Waals surface area contributed by atoms with E-state index in [1.165, 1.54) is 22.0 Å². The first-order valence-electron chi connectivity index (χ1n) is 11.3. The smallest absolute Gasteiger partial charge is 0.230 e. The molecule has 174 valence electrons. The molecule has 5 rings (SSSR count). The van der Waals surface area contributed by atoms with Gasteiger partial charge in [0, 0.05) is 29.7 Å². The Balaban J connectivity index is 1.39. The van der Waals surface area contributed by atoms with E-state index in [0.29, 0.717) is 17.5 Å². The van der Waals surface area contributed by atoms with Crippen molar-refractivity contribution in [3.8, 4) is 22.6 Å². The van der Waals surface area contributed by atoms with Gasteiger partial charge in [-0.2, -0.15) is 0 Å². The number of fused-ring (bicyclic) bond motifs is 1. The zero-order valence-corrected chi connectivity index (χ0v) is 19.7. The van der Waals surface area contributed by atoms with E-state index < -0.39 is 0 Å². The minimum Gasteiger partial charge on any atom is -0.376 e. The molecule has 1 atom stereocenters. The second-order valence-corrected chi connectivity index (χ2v) is 9.28. The Morgan fingerprint density at radius 1 is 1.21 bits per heavy atom. The van der Waals surface area contributed by atoms with E-state index in [2.05, 4.69) is 46.7 Å². The maximum atomic E-state index is 12.3. The SMILES string of the molecule is Cc1ccc(-c2cc(-c3nnc(SCC(=O)NC[C@@H]4CCCO4)n3N)c3ccccc3n2)cc1. The molecule has 0 spiro atoms. The molecule has 8 nitrogen and oxygen atoms in total. The van der Waals surface area contributed by atoms with Crippen LogP contribution >= 0.6 is 11.8 Å². The van der Waals surface area contributed by atoms with Gasteiger partial charge in [-0.15, -0.1) is 10.2 Å². The minimum atomic E-state index is -0.0823. The minimum absolute atomic E-state index is 0.0823. The summed E-state index contributed by atoms with van der Waals surface area (Å²) in [6.45, 7) is 3.36. The van der Waals surface area contributed by atoms with Crippen LogP contribution in [0, 0.1) is 6.92 Å². The fourth-order valence-corrected chi connectivity index (χ4v) is 4.69. The highest BCUT2D eigenvalue weighted by atomic mass is 32.2. The number of carbonyl (C=O) groups is 1. The van der Waals surface area contributed by atoms with E-state index in [9.17, 15) is 4.79 Å². The number of nitrogens with one attached hydrogen (secondary N) is 1. The molecule has 3 heterocycles. The summed E-state index contributed by atoms with van der Waals surface area (Å²) in [7, 11) is 0. The molecule has 9 heteroatoms. The molecular weight excluding hydrogens is 448 g/mol. The number of benzene rings is 2. The fourth-order valence-electron chi connectivity index (χ4n) is 4.01. The Kier molecular flexibility index (Phi) is 6.46. The fraction of sp³-hybridized carbons (Fsp3) is 0.280. The number of thioether (sulfide) groups is 1. The van der Waals surface area contributed by atoms with Crippen molar-refractivity contribution in [2.45, 2.75) is 31.0 Å². The van der Waals surface area contributed by atoms with E-state index in [4.69, 9.17) is 15.6 Å². The topological polar surface area (TPSA) is 108 Å². The van der Waals surface area contributed by atoms with Crippen molar-refractivity contribution in [2.24, 2.45) is 0 Å². The van der Waals surface area contributed by atoms with Crippen molar-refractivity contribution in [3.05, 3.63) is 60.2 Å². The molecule has 0 aliphatic carbocycles. The van der Waals surface area contributed by atoms with Crippen LogP contribution in [0.4, 0.5) is 0 Å². The molecular formula is C25H26N6O2S. The lowest BCUT2D eigenvalue weighted by atomic mass is 10.0. The molecule has 1 fully saturated rings. The van der Waals surface area contributed by atoms with Gasteiger partial charge in [-0.05, 0) is 31.9 Å². The summed E-state index contributed by atoms with van der Waals surface area (Å²) in [6.07, 6.45) is 2.14. The number of nitrogen functional groups attached to an aromatic ring is 1. The molecule has 0 bridgehead atoms. The van der Waals surface area contributed by atoms with Crippen LogP contribution in [0.5, 0.6) is 0 Å². The third kappa shape index (κ3) is 4.76. The molecule has 0 radical (unpaired) electrons. The Morgan fingerprint density at radius 3 is 2.82 bits per heavy atom. The molecule has 4 aromatic rings. The molecule has 1 saturated heterocycles. The normalized spacial score (nSPS) is 15.6. The molecule has 2 aromatic carbocycles. The van der Waals surface area contributed by atoms with Crippen molar-refractivity contribution in [3.63, 3.8) is 0 Å². The average Bonchev–Trinajstić information content (AvgIpc) is 3.51. The van der Waals surface area contributed by atoms with Crippen LogP contribution in [0.1, 0.15) is 18.4 Å². The lowest BCUT2D eigenvalue weighted by Gasteiger charge is -2.11. The van der Waals surface area contributed by atoms with Crippen LogP contribution in [-0.2, 0) is 9.53 Å². The van der Waals surface area contributed by atoms with Crippen LogP contribution in [0.2, 0.25) is 0 Å². The number of aromatic nitrogens is 4. The van der Waals surface area contributed by atoms with Crippen molar-refractivity contribution in [2.75, 3.05) is 24.7 Å². The molecule has 0 unspecified atom stereocenters. The average molecular weight is 475 g/mol. The molecule has 1 amide bonds. The number of hydrogen-bond donors (Lipinski definition) is 2. The third-order valence-corrected chi connectivity index (χ3v) is 6.80. The number of rotatable bonds is 7. The third-order valence-electron chi connectivity index (χ3n) is 5.85. The molecule has 0 saturated carbocycles. The highest BCUT2D eigenvalue weighted by Gasteiger charge is 2.19. The lowest BCUT2D eigenvalue weighted by molar-refractivity contribution is -0.119. The summed E-state index contributed by atoms with van der Waals surface area (Å²) >= 11 is 1.26. The predicted molar refractivity (Wildman–Crippen MR) is 134 cm³/mol. The Bertz CT molecular complexity index is 1310. The Morgan fingerprint density at radius 2 is 2.03 bits per heavy atom. The molecule has 3 N–H and O–H groups in total. The van der Waals surface area contributed by atoms with E-state index in [-0.39, 0.29) is 17.8 Å².